The van der Waals surface area contributed by atoms with Gasteiger partial charge in [-0.25, -0.2) is 0 Å². The lowest BCUT2D eigenvalue weighted by Crippen LogP contribution is -2.35. The van der Waals surface area contributed by atoms with Gasteiger partial charge in [0.15, 0.2) is 0 Å². The van der Waals surface area contributed by atoms with E-state index < -0.39 is 6.04 Å². The fourth-order valence-electron chi connectivity index (χ4n) is 5.88. The van der Waals surface area contributed by atoms with Gasteiger partial charge in [0, 0.05) is 22.5 Å². The predicted molar refractivity (Wildman–Crippen MR) is 172 cm³/mol. The van der Waals surface area contributed by atoms with Crippen LogP contribution in [0.1, 0.15) is 5.69 Å². The number of pyridine rings is 1. The molecule has 196 valence electrons. The van der Waals surface area contributed by atoms with Gasteiger partial charge in [-0.3, -0.25) is 4.98 Å². The van der Waals surface area contributed by atoms with Crippen LogP contribution in [0.25, 0.3) is 33.4 Å². The van der Waals surface area contributed by atoms with E-state index in [0.29, 0.717) is 0 Å². The molecule has 2 aliphatic heterocycles. The fourth-order valence-corrected chi connectivity index (χ4v) is 10.3. The first-order chi connectivity index (χ1) is 20.1. The van der Waals surface area contributed by atoms with Gasteiger partial charge >= 0.3 is 0 Å². The molecule has 0 unspecified atom stereocenters. The minimum atomic E-state index is -2.49. The normalized spacial score (nSPS) is 13.7. The predicted octanol–water partition coefficient (Wildman–Crippen LogP) is 8.36. The zero-order chi connectivity index (χ0) is 27.6. The molecule has 2 aliphatic rings. The van der Waals surface area contributed by atoms with Crippen molar-refractivity contribution in [3.8, 4) is 56.4 Å². The summed E-state index contributed by atoms with van der Waals surface area (Å²) in [5.41, 5.74) is 7.51. The smallest absolute Gasteiger partial charge is 0.140 e. The molecule has 0 saturated heterocycles. The monoisotopic (exact) mass is 565 g/mol. The van der Waals surface area contributed by atoms with Crippen molar-refractivity contribution < 1.29 is 9.47 Å². The van der Waals surface area contributed by atoms with Crippen LogP contribution in [-0.4, -0.2) is 4.98 Å². The second-order valence-electron chi connectivity index (χ2n) is 10.4. The van der Waals surface area contributed by atoms with Crippen molar-refractivity contribution in [3.05, 3.63) is 133 Å². The number of aryl methyl sites for hydroxylation is 1. The zero-order valence-electron chi connectivity index (χ0n) is 22.2. The zero-order valence-corrected chi connectivity index (χ0v) is 24.0. The number of aromatic nitrogens is 1. The molecule has 3 nitrogen and oxygen atoms in total. The van der Waals surface area contributed by atoms with Gasteiger partial charge < -0.3 is 9.47 Å². The molecule has 0 saturated carbocycles. The van der Waals surface area contributed by atoms with E-state index in [9.17, 15) is 0 Å². The molecule has 5 heteroatoms. The summed E-state index contributed by atoms with van der Waals surface area (Å²) in [6.07, 6.45) is 1.84. The van der Waals surface area contributed by atoms with E-state index in [-0.39, 0.29) is 0 Å². The number of benzene rings is 5. The quantitative estimate of drug-likeness (QED) is 0.202. The maximum Gasteiger partial charge on any atom is 0.140 e. The third-order valence-corrected chi connectivity index (χ3v) is 12.7. The minimum absolute atomic E-state index is 0.769. The molecule has 0 atom stereocenters. The largest absolute Gasteiger partial charge is 0.456 e. The number of rotatable bonds is 3. The first kappa shape index (κ1) is 24.3. The van der Waals surface area contributed by atoms with Crippen molar-refractivity contribution in [1.82, 2.24) is 4.98 Å². The van der Waals surface area contributed by atoms with E-state index in [2.05, 4.69) is 108 Å². The van der Waals surface area contributed by atoms with Gasteiger partial charge in [-0.1, -0.05) is 84.6 Å². The molecule has 0 spiro atoms. The Kier molecular flexibility index (Phi) is 5.50. The fraction of sp³-hybridized carbons (Fsp3) is 0.0278. The Morgan fingerprint density at radius 3 is 1.51 bits per heavy atom. The Labute approximate surface area is 244 Å². The van der Waals surface area contributed by atoms with Gasteiger partial charge in [0.2, 0.25) is 0 Å². The van der Waals surface area contributed by atoms with Crippen LogP contribution in [0.3, 0.4) is 0 Å². The highest BCUT2D eigenvalue weighted by Crippen LogP contribution is 2.59. The van der Waals surface area contributed by atoms with Crippen LogP contribution in [0.2, 0.25) is 0 Å². The molecule has 0 fully saturated rings. The van der Waals surface area contributed by atoms with E-state index >= 15 is 0 Å². The number of hydrogen-bond donors (Lipinski definition) is 0. The van der Waals surface area contributed by atoms with Crippen LogP contribution in [0.15, 0.2) is 128 Å². The van der Waals surface area contributed by atoms with E-state index in [4.69, 9.17) is 21.3 Å². The van der Waals surface area contributed by atoms with Gasteiger partial charge in [-0.2, -0.15) is 0 Å². The Morgan fingerprint density at radius 1 is 0.512 bits per heavy atom. The second kappa shape index (κ2) is 9.27. The summed E-state index contributed by atoms with van der Waals surface area (Å²) in [4.78, 5) is 4.39. The lowest BCUT2D eigenvalue weighted by atomic mass is 10.0. The molecule has 0 radical (unpaired) electrons. The van der Waals surface area contributed by atoms with E-state index in [1.807, 2.05) is 31.3 Å². The van der Waals surface area contributed by atoms with Crippen LogP contribution in [0, 0.1) is 6.92 Å². The summed E-state index contributed by atoms with van der Waals surface area (Å²) in [5, 5.41) is 3.11. The molecular formula is C36H24NO2PS. The molecule has 3 heterocycles. The van der Waals surface area contributed by atoms with Crippen molar-refractivity contribution >= 4 is 33.8 Å². The molecule has 41 heavy (non-hydrogen) atoms. The lowest BCUT2D eigenvalue weighted by Gasteiger charge is -2.38. The van der Waals surface area contributed by atoms with E-state index in [0.717, 1.165) is 78.0 Å². The van der Waals surface area contributed by atoms with Gasteiger partial charge in [-0.05, 0) is 88.8 Å². The highest BCUT2D eigenvalue weighted by atomic mass is 32.4. The van der Waals surface area contributed by atoms with Gasteiger partial charge in [0.1, 0.15) is 23.0 Å². The van der Waals surface area contributed by atoms with Crippen molar-refractivity contribution in [2.45, 2.75) is 6.92 Å². The SMILES string of the molecule is Cc1cc(-c2cc3c4c(c2)Oc2cc(-c5ccccc5)ccc2P4(=S)c2ccc(-c4ccccc4)cc2O3)ccn1. The Hall–Kier alpha value is -4.50. The molecule has 6 aromatic rings. The molecule has 0 N–H and O–H groups in total. The summed E-state index contributed by atoms with van der Waals surface area (Å²) in [7, 11) is 0. The number of nitrogens with zero attached hydrogens (tertiary/aromatic N) is 1. The van der Waals surface area contributed by atoms with Crippen molar-refractivity contribution in [3.63, 3.8) is 0 Å². The Morgan fingerprint density at radius 2 is 1.00 bits per heavy atom. The minimum Gasteiger partial charge on any atom is -0.456 e. The Bertz CT molecular complexity index is 1920. The number of hydrogen-bond acceptors (Lipinski definition) is 4. The van der Waals surface area contributed by atoms with Crippen LogP contribution in [0.4, 0.5) is 0 Å². The van der Waals surface area contributed by atoms with E-state index in [1.54, 1.807) is 0 Å². The molecule has 1 aromatic heterocycles. The average Bonchev–Trinajstić information content (AvgIpc) is 3.01. The third kappa shape index (κ3) is 3.87. The molecule has 5 aromatic carbocycles. The van der Waals surface area contributed by atoms with Crippen molar-refractivity contribution in [2.24, 2.45) is 0 Å². The van der Waals surface area contributed by atoms with Crippen molar-refractivity contribution in [1.29, 1.82) is 0 Å². The number of fused-ring (bicyclic) bond motifs is 4. The highest BCUT2D eigenvalue weighted by Gasteiger charge is 2.43. The first-order valence-corrected chi connectivity index (χ1v) is 16.4. The maximum atomic E-state index is 6.80. The Balaban J connectivity index is 1.37. The van der Waals surface area contributed by atoms with Crippen molar-refractivity contribution in [2.75, 3.05) is 0 Å². The van der Waals surface area contributed by atoms with Gasteiger partial charge in [0.05, 0.1) is 11.3 Å². The van der Waals surface area contributed by atoms with Crippen LogP contribution in [0.5, 0.6) is 23.0 Å². The standard InChI is InChI=1S/C36H24NO2PS/c1-23-18-28(16-17-37-23)29-21-32-36-33(22-29)39-31-20-27(25-10-6-3-7-11-25)13-15-35(31)40(36,41)34-14-12-26(19-30(34)38-32)24-8-4-2-5-9-24/h2-22H,1H3. The molecule has 8 rings (SSSR count). The summed E-state index contributed by atoms with van der Waals surface area (Å²) in [5.74, 6) is 3.17. The summed E-state index contributed by atoms with van der Waals surface area (Å²) in [6.45, 7) is 2.00. The topological polar surface area (TPSA) is 31.4 Å². The molecular weight excluding hydrogens is 541 g/mol. The second-order valence-corrected chi connectivity index (χ2v) is 14.7. The van der Waals surface area contributed by atoms with Crippen LogP contribution < -0.4 is 25.4 Å². The molecule has 0 bridgehead atoms. The summed E-state index contributed by atoms with van der Waals surface area (Å²) < 4.78 is 13.4. The van der Waals surface area contributed by atoms with Gasteiger partial charge in [-0.15, -0.1) is 0 Å². The summed E-state index contributed by atoms with van der Waals surface area (Å²) in [6, 6.07) is 39.5. The maximum absolute atomic E-state index is 6.80. The highest BCUT2D eigenvalue weighted by molar-refractivity contribution is 8.26. The third-order valence-electron chi connectivity index (χ3n) is 7.84. The lowest BCUT2D eigenvalue weighted by molar-refractivity contribution is 0.467. The van der Waals surface area contributed by atoms with Crippen LogP contribution in [-0.2, 0) is 11.8 Å². The summed E-state index contributed by atoms with van der Waals surface area (Å²) >= 11 is 6.80. The van der Waals surface area contributed by atoms with Crippen LogP contribution >= 0.6 is 6.04 Å². The molecule has 0 aliphatic carbocycles. The van der Waals surface area contributed by atoms with E-state index in [1.165, 1.54) is 0 Å². The first-order valence-electron chi connectivity index (χ1n) is 13.6. The number of ether oxygens (including phenoxy) is 2. The average molecular weight is 566 g/mol. The van der Waals surface area contributed by atoms with Gasteiger partial charge in [0.25, 0.3) is 0 Å². The molecule has 0 amide bonds.